The normalized spacial score (nSPS) is 25.8. The minimum Gasteiger partial charge on any atom is -0.335 e. The number of carbonyl (C=O) groups is 1. The summed E-state index contributed by atoms with van der Waals surface area (Å²) in [7, 11) is 0. The van der Waals surface area contributed by atoms with Crippen LogP contribution in [0.3, 0.4) is 0 Å². The molecule has 1 saturated carbocycles. The second kappa shape index (κ2) is 5.17. The first-order valence-electron chi connectivity index (χ1n) is 8.07. The molecule has 4 heteroatoms. The van der Waals surface area contributed by atoms with Gasteiger partial charge in [0.1, 0.15) is 0 Å². The van der Waals surface area contributed by atoms with Crippen molar-refractivity contribution >= 4 is 16.8 Å². The molecule has 0 spiro atoms. The summed E-state index contributed by atoms with van der Waals surface area (Å²) in [6.07, 6.45) is 9.28. The zero-order valence-corrected chi connectivity index (χ0v) is 12.2. The standard InChI is InChI=1S/C17H21N3O/c21-17(13-7-3-8-15-14(13)11-18-19-15)20-10-4-6-12-5-1-2-9-16(12)20/h3,7-8,11-12,16H,1-2,4-6,9-10H2,(H,18,19)/t12-,16+/m1/s1. The Balaban J connectivity index is 1.68. The summed E-state index contributed by atoms with van der Waals surface area (Å²) in [6.45, 7) is 0.911. The molecule has 0 unspecified atom stereocenters. The fraction of sp³-hybridized carbons (Fsp3) is 0.529. The van der Waals surface area contributed by atoms with Crippen molar-refractivity contribution in [3.8, 4) is 0 Å². The van der Waals surface area contributed by atoms with Crippen LogP contribution in [0, 0.1) is 5.92 Å². The molecule has 2 atom stereocenters. The quantitative estimate of drug-likeness (QED) is 0.872. The van der Waals surface area contributed by atoms with Gasteiger partial charge in [-0.25, -0.2) is 0 Å². The van der Waals surface area contributed by atoms with Gasteiger partial charge < -0.3 is 4.90 Å². The van der Waals surface area contributed by atoms with Crippen LogP contribution in [0.1, 0.15) is 48.9 Å². The molecule has 2 aromatic rings. The molecule has 4 nitrogen and oxygen atoms in total. The first kappa shape index (κ1) is 12.9. The topological polar surface area (TPSA) is 49.0 Å². The third-order valence-corrected chi connectivity index (χ3v) is 5.22. The molecule has 4 rings (SSSR count). The summed E-state index contributed by atoms with van der Waals surface area (Å²) in [5.74, 6) is 0.915. The molecule has 2 heterocycles. The summed E-state index contributed by atoms with van der Waals surface area (Å²) in [5.41, 5.74) is 1.74. The number of aromatic nitrogens is 2. The highest BCUT2D eigenvalue weighted by Gasteiger charge is 2.36. The Kier molecular flexibility index (Phi) is 3.17. The Morgan fingerprint density at radius 1 is 1.19 bits per heavy atom. The molecule has 1 amide bonds. The van der Waals surface area contributed by atoms with Crippen LogP contribution in [0.4, 0.5) is 0 Å². The molecular formula is C17H21N3O. The summed E-state index contributed by atoms with van der Waals surface area (Å²) >= 11 is 0. The number of fused-ring (bicyclic) bond motifs is 2. The molecular weight excluding hydrogens is 262 g/mol. The maximum atomic E-state index is 13.1. The Hall–Kier alpha value is -1.84. The van der Waals surface area contributed by atoms with E-state index in [4.69, 9.17) is 0 Å². The molecule has 110 valence electrons. The van der Waals surface area contributed by atoms with Crippen LogP contribution < -0.4 is 0 Å². The molecule has 1 aromatic carbocycles. The molecule has 1 aliphatic heterocycles. The number of piperidine rings is 1. The Bertz CT molecular complexity index is 661. The van der Waals surface area contributed by atoms with Crippen molar-refractivity contribution < 1.29 is 4.79 Å². The van der Waals surface area contributed by atoms with Crippen LogP contribution in [0.5, 0.6) is 0 Å². The maximum absolute atomic E-state index is 13.1. The number of rotatable bonds is 1. The highest BCUT2D eigenvalue weighted by Crippen LogP contribution is 2.36. The molecule has 2 fully saturated rings. The number of hydrogen-bond acceptors (Lipinski definition) is 2. The summed E-state index contributed by atoms with van der Waals surface area (Å²) in [5, 5.41) is 7.97. The first-order valence-corrected chi connectivity index (χ1v) is 8.07. The second-order valence-corrected chi connectivity index (χ2v) is 6.39. The average Bonchev–Trinajstić information content (AvgIpc) is 3.02. The lowest BCUT2D eigenvalue weighted by atomic mass is 9.78. The SMILES string of the molecule is O=C(c1cccc2[nH]ncc12)N1CCC[C@H]2CCCC[C@@H]21. The van der Waals surface area contributed by atoms with E-state index in [1.165, 1.54) is 32.1 Å². The highest BCUT2D eigenvalue weighted by atomic mass is 16.2. The van der Waals surface area contributed by atoms with Crippen LogP contribution in [-0.2, 0) is 0 Å². The van der Waals surface area contributed by atoms with E-state index in [1.54, 1.807) is 6.20 Å². The molecule has 0 radical (unpaired) electrons. The zero-order valence-electron chi connectivity index (χ0n) is 12.2. The van der Waals surface area contributed by atoms with Crippen LogP contribution in [0.2, 0.25) is 0 Å². The van der Waals surface area contributed by atoms with Gasteiger partial charge in [0.05, 0.1) is 17.3 Å². The number of aromatic amines is 1. The Morgan fingerprint density at radius 2 is 2.05 bits per heavy atom. The molecule has 0 bridgehead atoms. The third-order valence-electron chi connectivity index (χ3n) is 5.22. The van der Waals surface area contributed by atoms with E-state index in [9.17, 15) is 4.79 Å². The number of nitrogens with one attached hydrogen (secondary N) is 1. The van der Waals surface area contributed by atoms with E-state index < -0.39 is 0 Å². The van der Waals surface area contributed by atoms with Crippen molar-refractivity contribution in [1.29, 1.82) is 0 Å². The number of carbonyl (C=O) groups excluding carboxylic acids is 1. The van der Waals surface area contributed by atoms with Gasteiger partial charge in [-0.2, -0.15) is 5.10 Å². The van der Waals surface area contributed by atoms with E-state index >= 15 is 0 Å². The van der Waals surface area contributed by atoms with Gasteiger partial charge >= 0.3 is 0 Å². The summed E-state index contributed by atoms with van der Waals surface area (Å²) in [4.78, 5) is 15.2. The number of benzene rings is 1. The van der Waals surface area contributed by atoms with Gasteiger partial charge in [0.2, 0.25) is 0 Å². The minimum absolute atomic E-state index is 0.193. The molecule has 1 aromatic heterocycles. The highest BCUT2D eigenvalue weighted by molar-refractivity contribution is 6.06. The van der Waals surface area contributed by atoms with Crippen LogP contribution >= 0.6 is 0 Å². The summed E-state index contributed by atoms with van der Waals surface area (Å²) in [6, 6.07) is 6.31. The van der Waals surface area contributed by atoms with Crippen molar-refractivity contribution in [2.24, 2.45) is 5.92 Å². The van der Waals surface area contributed by atoms with Crippen LogP contribution in [0.25, 0.3) is 10.9 Å². The zero-order chi connectivity index (χ0) is 14.2. The lowest BCUT2D eigenvalue weighted by Crippen LogP contribution is -2.49. The van der Waals surface area contributed by atoms with Crippen molar-refractivity contribution in [3.63, 3.8) is 0 Å². The molecule has 1 saturated heterocycles. The van der Waals surface area contributed by atoms with E-state index in [1.807, 2.05) is 18.2 Å². The minimum atomic E-state index is 0.193. The first-order chi connectivity index (χ1) is 10.3. The fourth-order valence-corrected chi connectivity index (χ4v) is 4.19. The molecule has 2 aliphatic rings. The predicted molar refractivity (Wildman–Crippen MR) is 82.1 cm³/mol. The Morgan fingerprint density at radius 3 is 3.00 bits per heavy atom. The van der Waals surface area contributed by atoms with E-state index in [2.05, 4.69) is 15.1 Å². The van der Waals surface area contributed by atoms with E-state index in [-0.39, 0.29) is 5.91 Å². The Labute approximate surface area is 124 Å². The molecule has 1 aliphatic carbocycles. The van der Waals surface area contributed by atoms with Gasteiger partial charge in [-0.05, 0) is 43.7 Å². The summed E-state index contributed by atoms with van der Waals surface area (Å²) < 4.78 is 0. The van der Waals surface area contributed by atoms with Crippen molar-refractivity contribution in [3.05, 3.63) is 30.0 Å². The van der Waals surface area contributed by atoms with Gasteiger partial charge in [0.25, 0.3) is 5.91 Å². The lowest BCUT2D eigenvalue weighted by Gasteiger charge is -2.44. The second-order valence-electron chi connectivity index (χ2n) is 6.39. The maximum Gasteiger partial charge on any atom is 0.254 e. The monoisotopic (exact) mass is 283 g/mol. The van der Waals surface area contributed by atoms with E-state index in [0.29, 0.717) is 6.04 Å². The number of nitrogens with zero attached hydrogens (tertiary/aromatic N) is 2. The van der Waals surface area contributed by atoms with E-state index in [0.717, 1.165) is 35.3 Å². The van der Waals surface area contributed by atoms with Crippen LogP contribution in [-0.4, -0.2) is 33.6 Å². The lowest BCUT2D eigenvalue weighted by molar-refractivity contribution is 0.0392. The van der Waals surface area contributed by atoms with Gasteiger partial charge in [0, 0.05) is 18.0 Å². The number of likely N-dealkylation sites (tertiary alicyclic amines) is 1. The molecule has 21 heavy (non-hydrogen) atoms. The van der Waals surface area contributed by atoms with Crippen molar-refractivity contribution in [2.45, 2.75) is 44.6 Å². The number of hydrogen-bond donors (Lipinski definition) is 1. The van der Waals surface area contributed by atoms with Gasteiger partial charge in [0.15, 0.2) is 0 Å². The van der Waals surface area contributed by atoms with Gasteiger partial charge in [-0.1, -0.05) is 18.9 Å². The van der Waals surface area contributed by atoms with Gasteiger partial charge in [-0.3, -0.25) is 9.89 Å². The van der Waals surface area contributed by atoms with Crippen molar-refractivity contribution in [1.82, 2.24) is 15.1 Å². The van der Waals surface area contributed by atoms with Crippen molar-refractivity contribution in [2.75, 3.05) is 6.54 Å². The largest absolute Gasteiger partial charge is 0.335 e. The fourth-order valence-electron chi connectivity index (χ4n) is 4.19. The smallest absolute Gasteiger partial charge is 0.254 e. The number of amides is 1. The van der Waals surface area contributed by atoms with Gasteiger partial charge in [-0.15, -0.1) is 0 Å². The average molecular weight is 283 g/mol. The molecule has 1 N–H and O–H groups in total. The predicted octanol–water partition coefficient (Wildman–Crippen LogP) is 3.36. The third kappa shape index (κ3) is 2.13. The van der Waals surface area contributed by atoms with Crippen LogP contribution in [0.15, 0.2) is 24.4 Å². The number of H-pyrrole nitrogens is 1.